The van der Waals surface area contributed by atoms with Crippen LogP contribution in [0.25, 0.3) is 0 Å². The van der Waals surface area contributed by atoms with E-state index in [-0.39, 0.29) is 13.6 Å². The van der Waals surface area contributed by atoms with Crippen molar-refractivity contribution in [2.24, 2.45) is 0 Å². The van der Waals surface area contributed by atoms with Gasteiger partial charge >= 0.3 is 5.97 Å². The number of methoxy groups -OCH3 is 2. The molecule has 0 aliphatic carbocycles. The molecule has 0 amide bonds. The Morgan fingerprint density at radius 3 is 2.53 bits per heavy atom. The van der Waals surface area contributed by atoms with Crippen LogP contribution in [0.3, 0.4) is 0 Å². The van der Waals surface area contributed by atoms with Gasteiger partial charge in [-0.2, -0.15) is 0 Å². The average Bonchev–Trinajstić information content (AvgIpc) is 2.33. The summed E-state index contributed by atoms with van der Waals surface area (Å²) in [7, 11) is 2.96. The third-order valence-corrected chi connectivity index (χ3v) is 2.08. The van der Waals surface area contributed by atoms with E-state index in [9.17, 15) is 4.79 Å². The van der Waals surface area contributed by atoms with Gasteiger partial charge in [0.05, 0.1) is 0 Å². The Labute approximate surface area is 100 Å². The monoisotopic (exact) mass is 240 g/mol. The van der Waals surface area contributed by atoms with Gasteiger partial charge in [-0.05, 0) is 18.6 Å². The van der Waals surface area contributed by atoms with Crippen LogP contribution in [0.15, 0.2) is 18.2 Å². The quantitative estimate of drug-likeness (QED) is 0.560. The first-order chi connectivity index (χ1) is 8.20. The van der Waals surface area contributed by atoms with Crippen LogP contribution in [-0.4, -0.2) is 33.8 Å². The minimum atomic E-state index is -0.476. The van der Waals surface area contributed by atoms with Gasteiger partial charge in [0.2, 0.25) is 0 Å². The van der Waals surface area contributed by atoms with Crippen LogP contribution in [0.1, 0.15) is 15.9 Å². The fraction of sp³-hybridized carbons (Fsp3) is 0.417. The van der Waals surface area contributed by atoms with Crippen LogP contribution >= 0.6 is 0 Å². The molecule has 0 radical (unpaired) electrons. The molecule has 94 valence electrons. The fourth-order valence-electron chi connectivity index (χ4n) is 1.33. The summed E-state index contributed by atoms with van der Waals surface area (Å²) in [5.41, 5.74) is 1.17. The molecule has 0 unspecified atom stereocenters. The van der Waals surface area contributed by atoms with Gasteiger partial charge in [-0.3, -0.25) is 0 Å². The van der Waals surface area contributed by atoms with Crippen LogP contribution in [-0.2, 0) is 14.2 Å². The molecule has 0 saturated carbocycles. The Kier molecular flexibility index (Phi) is 5.45. The van der Waals surface area contributed by atoms with Crippen molar-refractivity contribution in [1.29, 1.82) is 0 Å². The molecule has 0 saturated heterocycles. The van der Waals surface area contributed by atoms with E-state index in [4.69, 9.17) is 14.2 Å². The maximum absolute atomic E-state index is 11.8. The van der Waals surface area contributed by atoms with Crippen LogP contribution in [0.5, 0.6) is 5.75 Å². The van der Waals surface area contributed by atoms with Crippen molar-refractivity contribution in [3.63, 3.8) is 0 Å². The molecule has 1 aromatic rings. The summed E-state index contributed by atoms with van der Waals surface area (Å²) in [4.78, 5) is 11.8. The summed E-state index contributed by atoms with van der Waals surface area (Å²) >= 11 is 0. The Bertz CT molecular complexity index is 375. The van der Waals surface area contributed by atoms with Crippen molar-refractivity contribution < 1.29 is 23.7 Å². The fourth-order valence-corrected chi connectivity index (χ4v) is 1.33. The minimum Gasteiger partial charge on any atom is -0.467 e. The molecule has 5 nitrogen and oxygen atoms in total. The zero-order chi connectivity index (χ0) is 12.7. The highest BCUT2D eigenvalue weighted by molar-refractivity contribution is 5.94. The maximum atomic E-state index is 11.8. The van der Waals surface area contributed by atoms with E-state index in [2.05, 4.69) is 4.74 Å². The Morgan fingerprint density at radius 2 is 1.88 bits per heavy atom. The molecule has 0 heterocycles. The first-order valence-corrected chi connectivity index (χ1v) is 5.08. The molecule has 0 atom stereocenters. The van der Waals surface area contributed by atoms with E-state index in [1.54, 1.807) is 12.1 Å². The number of esters is 1. The number of aryl methyl sites for hydroxylation is 1. The molecular weight excluding hydrogens is 224 g/mol. The molecule has 17 heavy (non-hydrogen) atoms. The van der Waals surface area contributed by atoms with Gasteiger partial charge in [0.15, 0.2) is 13.6 Å². The smallest absolute Gasteiger partial charge is 0.344 e. The van der Waals surface area contributed by atoms with Crippen LogP contribution < -0.4 is 4.74 Å². The summed E-state index contributed by atoms with van der Waals surface area (Å²) in [5.74, 6) is -0.0380. The highest BCUT2D eigenvalue weighted by Crippen LogP contribution is 2.23. The first-order valence-electron chi connectivity index (χ1n) is 5.08. The average molecular weight is 240 g/mol. The van der Waals surface area contributed by atoms with E-state index in [1.807, 2.05) is 13.0 Å². The molecule has 5 heteroatoms. The number of carbonyl (C=O) groups is 1. The predicted octanol–water partition coefficient (Wildman–Crippen LogP) is 1.74. The highest BCUT2D eigenvalue weighted by atomic mass is 16.7. The standard InChI is InChI=1S/C12H16O5/c1-9-5-4-6-10(16-7-14-2)11(9)12(13)17-8-15-3/h4-6H,7-8H2,1-3H3. The molecule has 0 bridgehead atoms. The van der Waals surface area contributed by atoms with Crippen molar-refractivity contribution in [3.8, 4) is 5.75 Å². The number of hydrogen-bond acceptors (Lipinski definition) is 5. The van der Waals surface area contributed by atoms with Gasteiger partial charge in [-0.1, -0.05) is 12.1 Å². The Balaban J connectivity index is 2.90. The van der Waals surface area contributed by atoms with Gasteiger partial charge in [0, 0.05) is 14.2 Å². The maximum Gasteiger partial charge on any atom is 0.344 e. The zero-order valence-electron chi connectivity index (χ0n) is 10.2. The first kappa shape index (κ1) is 13.5. The van der Waals surface area contributed by atoms with Crippen molar-refractivity contribution in [3.05, 3.63) is 29.3 Å². The van der Waals surface area contributed by atoms with Gasteiger partial charge in [-0.15, -0.1) is 0 Å². The summed E-state index contributed by atoms with van der Waals surface area (Å²) in [6.07, 6.45) is 0. The van der Waals surface area contributed by atoms with E-state index in [0.717, 1.165) is 5.56 Å². The lowest BCUT2D eigenvalue weighted by Gasteiger charge is -2.12. The van der Waals surface area contributed by atoms with Crippen molar-refractivity contribution in [2.45, 2.75) is 6.92 Å². The lowest BCUT2D eigenvalue weighted by atomic mass is 10.1. The number of rotatable bonds is 6. The molecule has 0 N–H and O–H groups in total. The van der Waals surface area contributed by atoms with Crippen molar-refractivity contribution in [2.75, 3.05) is 27.8 Å². The molecule has 0 aliphatic heterocycles. The minimum absolute atomic E-state index is 0.0774. The summed E-state index contributed by atoms with van der Waals surface area (Å²) in [6, 6.07) is 5.30. The summed E-state index contributed by atoms with van der Waals surface area (Å²) in [5, 5.41) is 0. The second-order valence-corrected chi connectivity index (χ2v) is 3.34. The Hall–Kier alpha value is -1.59. The summed E-state index contributed by atoms with van der Waals surface area (Å²) < 4.78 is 19.7. The van der Waals surface area contributed by atoms with Gasteiger partial charge in [-0.25, -0.2) is 4.79 Å². The molecule has 0 aliphatic rings. The van der Waals surface area contributed by atoms with Crippen LogP contribution in [0.4, 0.5) is 0 Å². The number of ether oxygens (including phenoxy) is 4. The number of carbonyl (C=O) groups excluding carboxylic acids is 1. The normalized spacial score (nSPS) is 10.1. The highest BCUT2D eigenvalue weighted by Gasteiger charge is 2.16. The lowest BCUT2D eigenvalue weighted by molar-refractivity contribution is -0.0133. The zero-order valence-corrected chi connectivity index (χ0v) is 10.2. The molecular formula is C12H16O5. The number of benzene rings is 1. The van der Waals surface area contributed by atoms with Crippen LogP contribution in [0, 0.1) is 6.92 Å². The SMILES string of the molecule is COCOC(=O)c1c(C)cccc1OCOC. The van der Waals surface area contributed by atoms with Gasteiger partial charge in [0.25, 0.3) is 0 Å². The van der Waals surface area contributed by atoms with Crippen LogP contribution in [0.2, 0.25) is 0 Å². The van der Waals surface area contributed by atoms with E-state index in [1.165, 1.54) is 14.2 Å². The molecule has 0 fully saturated rings. The molecule has 0 spiro atoms. The van der Waals surface area contributed by atoms with Gasteiger partial charge in [0.1, 0.15) is 11.3 Å². The van der Waals surface area contributed by atoms with Crippen molar-refractivity contribution >= 4 is 5.97 Å². The third kappa shape index (κ3) is 3.72. The molecule has 0 aromatic heterocycles. The van der Waals surface area contributed by atoms with E-state index < -0.39 is 5.97 Å². The topological polar surface area (TPSA) is 54.0 Å². The van der Waals surface area contributed by atoms with Gasteiger partial charge < -0.3 is 18.9 Å². The lowest BCUT2D eigenvalue weighted by Crippen LogP contribution is -2.12. The predicted molar refractivity (Wildman–Crippen MR) is 61.0 cm³/mol. The van der Waals surface area contributed by atoms with E-state index in [0.29, 0.717) is 11.3 Å². The molecule has 1 aromatic carbocycles. The number of hydrogen-bond donors (Lipinski definition) is 0. The second-order valence-electron chi connectivity index (χ2n) is 3.34. The second kappa shape index (κ2) is 6.88. The molecule has 1 rings (SSSR count). The largest absolute Gasteiger partial charge is 0.467 e. The summed E-state index contributed by atoms with van der Waals surface area (Å²) in [6.45, 7) is 1.80. The van der Waals surface area contributed by atoms with E-state index >= 15 is 0 Å². The Morgan fingerprint density at radius 1 is 1.18 bits per heavy atom. The third-order valence-electron chi connectivity index (χ3n) is 2.08. The van der Waals surface area contributed by atoms with Crippen molar-refractivity contribution in [1.82, 2.24) is 0 Å².